The zero-order valence-electron chi connectivity index (χ0n) is 16.3. The molecule has 2 aliphatic rings. The first-order valence-electron chi connectivity index (χ1n) is 9.97. The average Bonchev–Trinajstić information content (AvgIpc) is 3.28. The van der Waals surface area contributed by atoms with Gasteiger partial charge >= 0.3 is 12.1 Å². The molecule has 0 bridgehead atoms. The summed E-state index contributed by atoms with van der Waals surface area (Å²) in [7, 11) is 0. The zero-order valence-corrected chi connectivity index (χ0v) is 16.3. The van der Waals surface area contributed by atoms with Crippen LogP contribution in [0.15, 0.2) is 52.9 Å². The van der Waals surface area contributed by atoms with Crippen LogP contribution >= 0.6 is 0 Å². The van der Waals surface area contributed by atoms with Gasteiger partial charge in [-0.25, -0.2) is 0 Å². The first-order chi connectivity index (χ1) is 14.9. The Balaban J connectivity index is 1.35. The number of para-hydroxylation sites is 2. The molecule has 0 unspecified atom stereocenters. The fraction of sp³-hybridized carbons (Fsp3) is 0.318. The van der Waals surface area contributed by atoms with Crippen LogP contribution in [0.3, 0.4) is 0 Å². The number of nitrogens with zero attached hydrogens (tertiary/aromatic N) is 3. The van der Waals surface area contributed by atoms with Crippen LogP contribution in [0.4, 0.5) is 13.2 Å². The molecule has 0 aliphatic carbocycles. The number of fused-ring (bicyclic) bond motifs is 2. The van der Waals surface area contributed by atoms with E-state index < -0.39 is 18.0 Å². The lowest BCUT2D eigenvalue weighted by Gasteiger charge is -2.35. The van der Waals surface area contributed by atoms with E-state index in [0.717, 1.165) is 11.1 Å². The number of amides is 1. The molecule has 1 amide bonds. The highest BCUT2D eigenvalue weighted by atomic mass is 19.4. The van der Waals surface area contributed by atoms with Gasteiger partial charge in [-0.05, 0) is 25.0 Å². The van der Waals surface area contributed by atoms with Gasteiger partial charge in [-0.1, -0.05) is 36.4 Å². The monoisotopic (exact) mass is 429 g/mol. The third-order valence-electron chi connectivity index (χ3n) is 5.77. The number of benzene rings is 2. The summed E-state index contributed by atoms with van der Waals surface area (Å²) in [6.45, 7) is 0.795. The molecule has 5 rings (SSSR count). The van der Waals surface area contributed by atoms with Crippen molar-refractivity contribution in [1.82, 2.24) is 15.1 Å². The minimum atomic E-state index is -4.66. The quantitative estimate of drug-likeness (QED) is 0.589. The fourth-order valence-electron chi connectivity index (χ4n) is 4.22. The summed E-state index contributed by atoms with van der Waals surface area (Å²) < 4.78 is 49.0. The Morgan fingerprint density at radius 1 is 0.935 bits per heavy atom. The first-order valence-corrected chi connectivity index (χ1v) is 9.97. The van der Waals surface area contributed by atoms with Crippen molar-refractivity contribution in [2.45, 2.75) is 30.9 Å². The average molecular weight is 429 g/mol. The number of carbonyl (C=O) groups excluding carboxylic acids is 1. The van der Waals surface area contributed by atoms with E-state index in [1.54, 1.807) is 4.90 Å². The second kappa shape index (κ2) is 7.40. The number of carbonyl (C=O) groups is 1. The molecule has 0 atom stereocenters. The molecule has 0 radical (unpaired) electrons. The molecular formula is C22H18F3N3O3. The molecule has 1 fully saturated rings. The van der Waals surface area contributed by atoms with Gasteiger partial charge in [0.25, 0.3) is 0 Å². The van der Waals surface area contributed by atoms with Crippen molar-refractivity contribution in [3.63, 3.8) is 0 Å². The van der Waals surface area contributed by atoms with E-state index in [2.05, 4.69) is 10.2 Å². The van der Waals surface area contributed by atoms with E-state index in [1.165, 1.54) is 0 Å². The number of hydrogen-bond acceptors (Lipinski definition) is 5. The number of hydrogen-bond donors (Lipinski definition) is 0. The standard InChI is InChI=1S/C22H18F3N3O3/c23-22(24,25)21-27-26-19(31-21)13-9-11-28(12-10-13)20(29)18-14-5-1-3-7-16(14)30-17-8-4-2-6-15(17)18/h1-8,13,18H,9-12H2. The minimum absolute atomic E-state index is 0.0267. The SMILES string of the molecule is O=C(C1c2ccccc2Oc2ccccc21)N1CCC(c2nnc(C(F)(F)F)o2)CC1. The second-order valence-electron chi connectivity index (χ2n) is 7.65. The summed E-state index contributed by atoms with van der Waals surface area (Å²) >= 11 is 0. The van der Waals surface area contributed by atoms with Gasteiger partial charge in [0.15, 0.2) is 0 Å². The Hall–Kier alpha value is -3.36. The number of likely N-dealkylation sites (tertiary alicyclic amines) is 1. The van der Waals surface area contributed by atoms with Gasteiger partial charge in [0.05, 0.1) is 5.92 Å². The number of aromatic nitrogens is 2. The van der Waals surface area contributed by atoms with Crippen LogP contribution in [-0.4, -0.2) is 34.1 Å². The summed E-state index contributed by atoms with van der Waals surface area (Å²) in [4.78, 5) is 15.3. The fourth-order valence-corrected chi connectivity index (χ4v) is 4.22. The Kier molecular flexibility index (Phi) is 4.68. The topological polar surface area (TPSA) is 68.5 Å². The summed E-state index contributed by atoms with van der Waals surface area (Å²) in [6.07, 6.45) is -3.75. The van der Waals surface area contributed by atoms with E-state index in [4.69, 9.17) is 9.15 Å². The summed E-state index contributed by atoms with van der Waals surface area (Å²) in [6, 6.07) is 14.9. The van der Waals surface area contributed by atoms with E-state index >= 15 is 0 Å². The van der Waals surface area contributed by atoms with E-state index in [9.17, 15) is 18.0 Å². The predicted molar refractivity (Wildman–Crippen MR) is 103 cm³/mol. The van der Waals surface area contributed by atoms with Crippen molar-refractivity contribution in [2.24, 2.45) is 0 Å². The smallest absolute Gasteiger partial charge is 0.457 e. The summed E-state index contributed by atoms with van der Waals surface area (Å²) in [5, 5.41) is 6.67. The molecule has 31 heavy (non-hydrogen) atoms. The van der Waals surface area contributed by atoms with Crippen molar-refractivity contribution in [1.29, 1.82) is 0 Å². The van der Waals surface area contributed by atoms with Gasteiger partial charge in [-0.15, -0.1) is 10.2 Å². The normalized spacial score (nSPS) is 17.1. The number of rotatable bonds is 2. The number of ether oxygens (including phenoxy) is 1. The van der Waals surface area contributed by atoms with Crippen LogP contribution in [0, 0.1) is 0 Å². The lowest BCUT2D eigenvalue weighted by Crippen LogP contribution is -2.41. The number of piperidine rings is 1. The number of alkyl halides is 3. The summed E-state index contributed by atoms with van der Waals surface area (Å²) in [5.74, 6) is -0.902. The second-order valence-corrected chi connectivity index (χ2v) is 7.65. The molecule has 0 saturated carbocycles. The van der Waals surface area contributed by atoms with Gasteiger partial charge in [-0.3, -0.25) is 4.79 Å². The van der Waals surface area contributed by atoms with E-state index in [1.807, 2.05) is 48.5 Å². The van der Waals surface area contributed by atoms with E-state index in [0.29, 0.717) is 37.4 Å². The molecule has 1 saturated heterocycles. The molecule has 2 aliphatic heterocycles. The van der Waals surface area contributed by atoms with Crippen molar-refractivity contribution in [2.75, 3.05) is 13.1 Å². The minimum Gasteiger partial charge on any atom is -0.457 e. The molecule has 2 aromatic carbocycles. The maximum atomic E-state index is 13.5. The van der Waals surface area contributed by atoms with E-state index in [-0.39, 0.29) is 17.7 Å². The van der Waals surface area contributed by atoms with Gasteiger partial charge in [0.2, 0.25) is 11.8 Å². The largest absolute Gasteiger partial charge is 0.470 e. The molecule has 3 aromatic rings. The van der Waals surface area contributed by atoms with Crippen LogP contribution in [0.1, 0.15) is 47.6 Å². The Morgan fingerprint density at radius 2 is 1.52 bits per heavy atom. The Bertz CT molecular complexity index is 1070. The third-order valence-corrected chi connectivity index (χ3v) is 5.77. The maximum Gasteiger partial charge on any atom is 0.470 e. The molecule has 0 spiro atoms. The molecule has 9 heteroatoms. The van der Waals surface area contributed by atoms with Crippen molar-refractivity contribution in [3.8, 4) is 11.5 Å². The third kappa shape index (κ3) is 3.54. The Labute approximate surface area is 175 Å². The zero-order chi connectivity index (χ0) is 21.6. The molecule has 160 valence electrons. The molecule has 3 heterocycles. The molecule has 1 aromatic heterocycles. The lowest BCUT2D eigenvalue weighted by atomic mass is 9.86. The highest BCUT2D eigenvalue weighted by Crippen LogP contribution is 2.45. The Morgan fingerprint density at radius 3 is 2.06 bits per heavy atom. The van der Waals surface area contributed by atoms with Crippen molar-refractivity contribution < 1.29 is 27.1 Å². The van der Waals surface area contributed by atoms with Gasteiger partial charge in [0, 0.05) is 30.1 Å². The first kappa shape index (κ1) is 19.6. The van der Waals surface area contributed by atoms with Gasteiger partial charge in [-0.2, -0.15) is 13.2 Å². The van der Waals surface area contributed by atoms with Crippen molar-refractivity contribution >= 4 is 5.91 Å². The highest BCUT2D eigenvalue weighted by molar-refractivity contribution is 5.89. The molecular weight excluding hydrogens is 411 g/mol. The van der Waals surface area contributed by atoms with Crippen LogP contribution in [0.25, 0.3) is 0 Å². The highest BCUT2D eigenvalue weighted by Gasteiger charge is 2.40. The van der Waals surface area contributed by atoms with Gasteiger partial charge in [0.1, 0.15) is 11.5 Å². The lowest BCUT2D eigenvalue weighted by molar-refractivity contribution is -0.157. The van der Waals surface area contributed by atoms with Crippen LogP contribution in [0.5, 0.6) is 11.5 Å². The maximum absolute atomic E-state index is 13.5. The van der Waals surface area contributed by atoms with Gasteiger partial charge < -0.3 is 14.1 Å². The predicted octanol–water partition coefficient (Wildman–Crippen LogP) is 4.73. The number of halogens is 3. The molecule has 0 N–H and O–H groups in total. The molecule has 6 nitrogen and oxygen atoms in total. The van der Waals surface area contributed by atoms with Crippen LogP contribution in [-0.2, 0) is 11.0 Å². The van der Waals surface area contributed by atoms with Crippen LogP contribution in [0.2, 0.25) is 0 Å². The van der Waals surface area contributed by atoms with Crippen molar-refractivity contribution in [3.05, 3.63) is 71.4 Å². The summed E-state index contributed by atoms with van der Waals surface area (Å²) in [5.41, 5.74) is 1.61. The van der Waals surface area contributed by atoms with Crippen LogP contribution < -0.4 is 4.74 Å².